The summed E-state index contributed by atoms with van der Waals surface area (Å²) in [5, 5.41) is 3.46. The van der Waals surface area contributed by atoms with Gasteiger partial charge in [-0.05, 0) is 48.9 Å². The van der Waals surface area contributed by atoms with E-state index >= 15 is 0 Å². The summed E-state index contributed by atoms with van der Waals surface area (Å²) in [4.78, 5) is 34.5. The van der Waals surface area contributed by atoms with Crippen LogP contribution in [0.2, 0.25) is 0 Å². The predicted molar refractivity (Wildman–Crippen MR) is 156 cm³/mol. The van der Waals surface area contributed by atoms with Crippen molar-refractivity contribution in [2.75, 3.05) is 19.5 Å². The number of ether oxygens (including phenoxy) is 2. The van der Waals surface area contributed by atoms with Crippen LogP contribution in [-0.2, 0) is 6.54 Å². The Labute approximate surface area is 232 Å². The number of aromatic nitrogens is 2. The monoisotopic (exact) mass is 534 g/mol. The first kappa shape index (κ1) is 26.5. The summed E-state index contributed by atoms with van der Waals surface area (Å²) in [5.74, 6) is 1.55. The predicted octanol–water partition coefficient (Wildman–Crippen LogP) is 6.20. The van der Waals surface area contributed by atoms with E-state index in [9.17, 15) is 9.59 Å². The van der Waals surface area contributed by atoms with Gasteiger partial charge in [-0.25, -0.2) is 9.78 Å². The maximum Gasteiger partial charge on any atom is 0.322 e. The normalized spacial score (nSPS) is 11.6. The summed E-state index contributed by atoms with van der Waals surface area (Å²) in [6.45, 7) is 2.16. The third-order valence-corrected chi connectivity index (χ3v) is 6.75. The van der Waals surface area contributed by atoms with Crippen LogP contribution in [0.1, 0.15) is 24.4 Å². The maximum atomic E-state index is 14.0. The van der Waals surface area contributed by atoms with Crippen LogP contribution in [-0.4, -0.2) is 34.7 Å². The van der Waals surface area contributed by atoms with Gasteiger partial charge in [0, 0.05) is 18.3 Å². The Balaban J connectivity index is 1.66. The molecule has 1 N–H and O–H groups in total. The number of nitrogens with zero attached hydrogens (tertiary/aromatic N) is 3. The van der Waals surface area contributed by atoms with Crippen LogP contribution in [0.25, 0.3) is 16.6 Å². The highest BCUT2D eigenvalue weighted by Gasteiger charge is 2.28. The van der Waals surface area contributed by atoms with Crippen molar-refractivity contribution in [3.8, 4) is 17.2 Å². The molecule has 0 saturated heterocycles. The molecule has 0 radical (unpaired) electrons. The number of anilines is 1. The molecule has 0 aliphatic carbocycles. The van der Waals surface area contributed by atoms with Gasteiger partial charge in [0.2, 0.25) is 0 Å². The standard InChI is InChI=1S/C32H30N4O4/c1-22(35(21-23-12-5-4-6-13-23)32(38)33-24-14-11-15-25(20-24)39-2)30-34-27-17-8-7-16-26(27)31(37)36(30)28-18-9-10-19-29(28)40-3/h4-20,22H,21H2,1-3H3,(H,33,38). The van der Waals surface area contributed by atoms with Crippen LogP contribution in [0.4, 0.5) is 10.5 Å². The summed E-state index contributed by atoms with van der Waals surface area (Å²) < 4.78 is 12.5. The van der Waals surface area contributed by atoms with E-state index in [-0.39, 0.29) is 18.1 Å². The lowest BCUT2D eigenvalue weighted by atomic mass is 10.1. The maximum absolute atomic E-state index is 14.0. The zero-order valence-corrected chi connectivity index (χ0v) is 22.6. The molecule has 0 spiro atoms. The van der Waals surface area contributed by atoms with Crippen LogP contribution in [0.5, 0.6) is 11.5 Å². The Morgan fingerprint density at radius 2 is 1.62 bits per heavy atom. The largest absolute Gasteiger partial charge is 0.497 e. The van der Waals surface area contributed by atoms with Crippen molar-refractivity contribution < 1.29 is 14.3 Å². The molecule has 1 unspecified atom stereocenters. The molecule has 8 nitrogen and oxygen atoms in total. The highest BCUT2D eigenvalue weighted by molar-refractivity contribution is 5.90. The minimum absolute atomic E-state index is 0.246. The topological polar surface area (TPSA) is 85.7 Å². The van der Waals surface area contributed by atoms with Crippen LogP contribution >= 0.6 is 0 Å². The summed E-state index contributed by atoms with van der Waals surface area (Å²) in [6, 6.07) is 30.4. The number of fused-ring (bicyclic) bond motifs is 1. The Morgan fingerprint density at radius 1 is 0.900 bits per heavy atom. The van der Waals surface area contributed by atoms with Gasteiger partial charge in [0.05, 0.1) is 36.9 Å². The number of rotatable bonds is 8. The summed E-state index contributed by atoms with van der Waals surface area (Å²) >= 11 is 0. The fraction of sp³-hybridized carbons (Fsp3) is 0.156. The van der Waals surface area contributed by atoms with E-state index in [1.165, 1.54) is 0 Å². The highest BCUT2D eigenvalue weighted by atomic mass is 16.5. The summed E-state index contributed by atoms with van der Waals surface area (Å²) in [5.41, 5.74) is 2.37. The Morgan fingerprint density at radius 3 is 2.40 bits per heavy atom. The number of hydrogen-bond donors (Lipinski definition) is 1. The van der Waals surface area contributed by atoms with Gasteiger partial charge in [0.1, 0.15) is 17.3 Å². The average Bonchev–Trinajstić information content (AvgIpc) is 3.00. The number of hydrogen-bond acceptors (Lipinski definition) is 5. The fourth-order valence-electron chi connectivity index (χ4n) is 4.68. The molecule has 8 heteroatoms. The lowest BCUT2D eigenvalue weighted by Crippen LogP contribution is -2.39. The van der Waals surface area contributed by atoms with Crippen molar-refractivity contribution in [1.29, 1.82) is 0 Å². The zero-order valence-electron chi connectivity index (χ0n) is 22.6. The van der Waals surface area contributed by atoms with Crippen LogP contribution in [0, 0.1) is 0 Å². The number of para-hydroxylation sites is 3. The number of amides is 2. The molecular formula is C32H30N4O4. The first-order chi connectivity index (χ1) is 19.5. The van der Waals surface area contributed by atoms with Gasteiger partial charge in [-0.3, -0.25) is 9.36 Å². The van der Waals surface area contributed by atoms with Gasteiger partial charge in [-0.15, -0.1) is 0 Å². The number of benzene rings is 4. The summed E-state index contributed by atoms with van der Waals surface area (Å²) in [6.07, 6.45) is 0. The molecule has 40 heavy (non-hydrogen) atoms. The number of urea groups is 1. The van der Waals surface area contributed by atoms with Crippen molar-refractivity contribution in [3.05, 3.63) is 125 Å². The molecule has 0 fully saturated rings. The van der Waals surface area contributed by atoms with E-state index in [1.807, 2.05) is 79.7 Å². The lowest BCUT2D eigenvalue weighted by molar-refractivity contribution is 0.185. The SMILES string of the molecule is COc1cccc(NC(=O)N(Cc2ccccc2)C(C)c2nc3ccccc3c(=O)n2-c2ccccc2OC)c1. The number of carbonyl (C=O) groups excluding carboxylic acids is 1. The Bertz CT molecular complexity index is 1700. The molecule has 1 aromatic heterocycles. The number of carbonyl (C=O) groups is 1. The van der Waals surface area contributed by atoms with Crippen LogP contribution in [0.3, 0.4) is 0 Å². The van der Waals surface area contributed by atoms with E-state index in [1.54, 1.807) is 54.0 Å². The molecule has 1 heterocycles. The van der Waals surface area contributed by atoms with Gasteiger partial charge in [0.15, 0.2) is 0 Å². The highest BCUT2D eigenvalue weighted by Crippen LogP contribution is 2.29. The number of methoxy groups -OCH3 is 2. The van der Waals surface area contributed by atoms with Crippen molar-refractivity contribution in [1.82, 2.24) is 14.5 Å². The quantitative estimate of drug-likeness (QED) is 0.256. The third-order valence-electron chi connectivity index (χ3n) is 6.75. The second-order valence-electron chi connectivity index (χ2n) is 9.25. The minimum Gasteiger partial charge on any atom is -0.497 e. The fourth-order valence-corrected chi connectivity index (χ4v) is 4.68. The average molecular weight is 535 g/mol. The summed E-state index contributed by atoms with van der Waals surface area (Å²) in [7, 11) is 3.14. The Hall–Kier alpha value is -5.11. The molecule has 0 bridgehead atoms. The van der Waals surface area contributed by atoms with E-state index in [2.05, 4.69) is 5.32 Å². The minimum atomic E-state index is -0.618. The van der Waals surface area contributed by atoms with Gasteiger partial charge in [0.25, 0.3) is 5.56 Å². The lowest BCUT2D eigenvalue weighted by Gasteiger charge is -2.31. The smallest absolute Gasteiger partial charge is 0.322 e. The van der Waals surface area contributed by atoms with E-state index < -0.39 is 6.04 Å². The molecule has 1 atom stereocenters. The van der Waals surface area contributed by atoms with E-state index in [0.29, 0.717) is 39.6 Å². The number of nitrogens with one attached hydrogen (secondary N) is 1. The van der Waals surface area contributed by atoms with Crippen LogP contribution in [0.15, 0.2) is 108 Å². The van der Waals surface area contributed by atoms with E-state index in [0.717, 1.165) is 5.56 Å². The van der Waals surface area contributed by atoms with E-state index in [4.69, 9.17) is 14.5 Å². The van der Waals surface area contributed by atoms with Gasteiger partial charge in [-0.1, -0.05) is 60.7 Å². The van der Waals surface area contributed by atoms with Crippen molar-refractivity contribution in [2.45, 2.75) is 19.5 Å². The molecule has 4 aromatic carbocycles. The molecule has 0 saturated carbocycles. The van der Waals surface area contributed by atoms with Gasteiger partial charge in [-0.2, -0.15) is 0 Å². The first-order valence-corrected chi connectivity index (χ1v) is 12.9. The molecule has 0 aliphatic heterocycles. The molecule has 5 aromatic rings. The van der Waals surface area contributed by atoms with Crippen molar-refractivity contribution in [3.63, 3.8) is 0 Å². The molecule has 0 aliphatic rings. The molecule has 202 valence electrons. The second-order valence-corrected chi connectivity index (χ2v) is 9.25. The molecular weight excluding hydrogens is 504 g/mol. The third kappa shape index (κ3) is 5.37. The second kappa shape index (κ2) is 11.7. The van der Waals surface area contributed by atoms with Crippen LogP contribution < -0.4 is 20.3 Å². The van der Waals surface area contributed by atoms with Crippen molar-refractivity contribution in [2.24, 2.45) is 0 Å². The van der Waals surface area contributed by atoms with Gasteiger partial charge < -0.3 is 19.7 Å². The van der Waals surface area contributed by atoms with Gasteiger partial charge >= 0.3 is 6.03 Å². The first-order valence-electron chi connectivity index (χ1n) is 12.9. The Kier molecular flexibility index (Phi) is 7.77. The molecule has 2 amide bonds. The molecule has 5 rings (SSSR count). The zero-order chi connectivity index (χ0) is 28.1. The van der Waals surface area contributed by atoms with Crippen molar-refractivity contribution >= 4 is 22.6 Å².